The Morgan fingerprint density at radius 2 is 2.12 bits per heavy atom. The number of benzene rings is 1. The minimum absolute atomic E-state index is 0.412. The van der Waals surface area contributed by atoms with E-state index in [1.807, 2.05) is 30.3 Å². The van der Waals surface area contributed by atoms with Gasteiger partial charge in [0, 0.05) is 6.54 Å². The van der Waals surface area contributed by atoms with Crippen molar-refractivity contribution < 1.29 is 4.74 Å². The van der Waals surface area contributed by atoms with Crippen LogP contribution in [0.15, 0.2) is 30.3 Å². The average Bonchev–Trinajstić information content (AvgIpc) is 2.67. The summed E-state index contributed by atoms with van der Waals surface area (Å²) in [4.78, 5) is 0. The third kappa shape index (κ3) is 3.07. The van der Waals surface area contributed by atoms with E-state index in [9.17, 15) is 0 Å². The van der Waals surface area contributed by atoms with Crippen molar-refractivity contribution in [2.75, 3.05) is 12.3 Å². The maximum atomic E-state index is 5.65. The number of aromatic nitrogens is 3. The fourth-order valence-electron chi connectivity index (χ4n) is 1.48. The number of rotatable bonds is 5. The van der Waals surface area contributed by atoms with Crippen molar-refractivity contribution in [2.45, 2.75) is 13.0 Å². The first-order valence-corrected chi connectivity index (χ1v) is 5.77. The molecule has 0 aliphatic rings. The second kappa shape index (κ2) is 5.49. The maximum absolute atomic E-state index is 5.65. The van der Waals surface area contributed by atoms with Crippen molar-refractivity contribution in [3.05, 3.63) is 35.1 Å². The zero-order valence-electron chi connectivity index (χ0n) is 9.30. The topological polar surface area (TPSA) is 68.9 Å². The summed E-state index contributed by atoms with van der Waals surface area (Å²) in [6.45, 7) is 1.32. The summed E-state index contributed by atoms with van der Waals surface area (Å²) in [5, 5.41) is 6.48. The van der Waals surface area contributed by atoms with E-state index in [-0.39, 0.29) is 0 Å². The zero-order valence-corrected chi connectivity index (χ0v) is 10.1. The molecule has 0 spiro atoms. The highest BCUT2D eigenvalue weighted by Crippen LogP contribution is 2.09. The monoisotopic (exact) mass is 250 g/mol. The Balaban J connectivity index is 1.79. The lowest BCUT2D eigenvalue weighted by Crippen LogP contribution is -2.07. The molecule has 0 atom stereocenters. The van der Waals surface area contributed by atoms with E-state index in [1.54, 1.807) is 4.57 Å². The molecular formula is C11H14N4OS. The minimum atomic E-state index is 0.412. The SMILES string of the molecule is Nc1n[nH]c(=S)n1CCCOc1ccccc1. The van der Waals surface area contributed by atoms with E-state index < -0.39 is 0 Å². The van der Waals surface area contributed by atoms with Crippen molar-refractivity contribution in [2.24, 2.45) is 0 Å². The summed E-state index contributed by atoms with van der Waals surface area (Å²) in [6, 6.07) is 9.70. The largest absolute Gasteiger partial charge is 0.494 e. The van der Waals surface area contributed by atoms with Gasteiger partial charge < -0.3 is 10.5 Å². The summed E-state index contributed by atoms with van der Waals surface area (Å²) >= 11 is 5.04. The number of para-hydroxylation sites is 1. The van der Waals surface area contributed by atoms with Crippen LogP contribution in [0.5, 0.6) is 5.75 Å². The molecule has 0 saturated carbocycles. The smallest absolute Gasteiger partial charge is 0.220 e. The van der Waals surface area contributed by atoms with Crippen molar-refractivity contribution in [3.63, 3.8) is 0 Å². The van der Waals surface area contributed by atoms with E-state index in [0.717, 1.165) is 12.2 Å². The number of nitrogens with zero attached hydrogens (tertiary/aromatic N) is 2. The molecule has 17 heavy (non-hydrogen) atoms. The molecule has 0 aliphatic carbocycles. The van der Waals surface area contributed by atoms with Crippen molar-refractivity contribution in [3.8, 4) is 5.75 Å². The minimum Gasteiger partial charge on any atom is -0.494 e. The van der Waals surface area contributed by atoms with Crippen LogP contribution in [0.4, 0.5) is 5.95 Å². The number of ether oxygens (including phenoxy) is 1. The first-order chi connectivity index (χ1) is 8.27. The number of hydrogen-bond donors (Lipinski definition) is 2. The molecule has 1 aromatic heterocycles. The highest BCUT2D eigenvalue weighted by atomic mass is 32.1. The predicted molar refractivity (Wildman–Crippen MR) is 68.4 cm³/mol. The molecule has 1 heterocycles. The lowest BCUT2D eigenvalue weighted by atomic mass is 10.3. The van der Waals surface area contributed by atoms with Gasteiger partial charge in [-0.2, -0.15) is 0 Å². The highest BCUT2D eigenvalue weighted by Gasteiger charge is 2.01. The van der Waals surface area contributed by atoms with Crippen molar-refractivity contribution in [1.82, 2.24) is 14.8 Å². The number of nitrogen functional groups attached to an aromatic ring is 1. The van der Waals surface area contributed by atoms with Gasteiger partial charge in [-0.15, -0.1) is 5.10 Å². The normalized spacial score (nSPS) is 10.4. The van der Waals surface area contributed by atoms with Gasteiger partial charge in [-0.1, -0.05) is 18.2 Å². The fourth-order valence-corrected chi connectivity index (χ4v) is 1.71. The molecule has 5 nitrogen and oxygen atoms in total. The summed E-state index contributed by atoms with van der Waals surface area (Å²) in [5.74, 6) is 1.28. The fraction of sp³-hybridized carbons (Fsp3) is 0.273. The Morgan fingerprint density at radius 3 is 2.76 bits per heavy atom. The Kier molecular flexibility index (Phi) is 3.77. The van der Waals surface area contributed by atoms with Gasteiger partial charge in [-0.3, -0.25) is 4.57 Å². The van der Waals surface area contributed by atoms with Gasteiger partial charge in [-0.05, 0) is 30.8 Å². The van der Waals surface area contributed by atoms with Gasteiger partial charge in [0.25, 0.3) is 0 Å². The van der Waals surface area contributed by atoms with Gasteiger partial charge in [0.2, 0.25) is 5.95 Å². The molecule has 90 valence electrons. The van der Waals surface area contributed by atoms with Crippen LogP contribution >= 0.6 is 12.2 Å². The third-order valence-electron chi connectivity index (χ3n) is 2.33. The summed E-state index contributed by atoms with van der Waals surface area (Å²) in [5.41, 5.74) is 5.65. The molecule has 0 fully saturated rings. The summed E-state index contributed by atoms with van der Waals surface area (Å²) < 4.78 is 7.86. The van der Waals surface area contributed by atoms with Gasteiger partial charge in [-0.25, -0.2) is 5.10 Å². The van der Waals surface area contributed by atoms with E-state index in [4.69, 9.17) is 22.7 Å². The van der Waals surface area contributed by atoms with Crippen LogP contribution in [0.3, 0.4) is 0 Å². The molecule has 2 rings (SSSR count). The van der Waals surface area contributed by atoms with Gasteiger partial charge in [0.1, 0.15) is 5.75 Å². The van der Waals surface area contributed by atoms with E-state index in [2.05, 4.69) is 10.2 Å². The molecule has 0 unspecified atom stereocenters. The number of nitrogens with two attached hydrogens (primary N) is 1. The quantitative estimate of drug-likeness (QED) is 0.629. The Hall–Kier alpha value is -1.82. The predicted octanol–water partition coefficient (Wildman–Crippen LogP) is 1.99. The van der Waals surface area contributed by atoms with E-state index in [1.165, 1.54) is 0 Å². The van der Waals surface area contributed by atoms with Crippen LogP contribution in [-0.4, -0.2) is 21.4 Å². The van der Waals surface area contributed by atoms with Crippen LogP contribution in [0.2, 0.25) is 0 Å². The Labute approximate surface area is 104 Å². The molecule has 0 amide bonds. The number of H-pyrrole nitrogens is 1. The molecule has 0 bridgehead atoms. The summed E-state index contributed by atoms with van der Waals surface area (Å²) in [7, 11) is 0. The molecule has 1 aromatic carbocycles. The molecule has 0 aliphatic heterocycles. The van der Waals surface area contributed by atoms with Gasteiger partial charge in [0.05, 0.1) is 6.61 Å². The highest BCUT2D eigenvalue weighted by molar-refractivity contribution is 7.71. The molecule has 0 radical (unpaired) electrons. The second-order valence-electron chi connectivity index (χ2n) is 3.55. The first-order valence-electron chi connectivity index (χ1n) is 5.36. The van der Waals surface area contributed by atoms with Crippen molar-refractivity contribution in [1.29, 1.82) is 0 Å². The molecular weight excluding hydrogens is 236 g/mol. The maximum Gasteiger partial charge on any atom is 0.220 e. The number of nitrogens with one attached hydrogen (secondary N) is 1. The first kappa shape index (κ1) is 11.7. The third-order valence-corrected chi connectivity index (χ3v) is 2.64. The molecule has 6 heteroatoms. The molecule has 2 aromatic rings. The Morgan fingerprint density at radius 1 is 1.35 bits per heavy atom. The number of anilines is 1. The van der Waals surface area contributed by atoms with Crippen LogP contribution in [-0.2, 0) is 6.54 Å². The molecule has 0 saturated heterocycles. The van der Waals surface area contributed by atoms with Gasteiger partial charge >= 0.3 is 0 Å². The lowest BCUT2D eigenvalue weighted by Gasteiger charge is -2.06. The van der Waals surface area contributed by atoms with E-state index >= 15 is 0 Å². The zero-order chi connectivity index (χ0) is 12.1. The number of aromatic amines is 1. The second-order valence-corrected chi connectivity index (χ2v) is 3.94. The Bertz CT molecular complexity index is 520. The average molecular weight is 250 g/mol. The summed E-state index contributed by atoms with van der Waals surface area (Å²) in [6.07, 6.45) is 0.826. The molecule has 3 N–H and O–H groups in total. The van der Waals surface area contributed by atoms with Crippen LogP contribution < -0.4 is 10.5 Å². The standard InChI is InChI=1S/C11H14N4OS/c12-10-13-14-11(17)15(10)7-4-8-16-9-5-2-1-3-6-9/h1-3,5-6H,4,7-8H2,(H2,12,13)(H,14,17). The van der Waals surface area contributed by atoms with Crippen LogP contribution in [0.1, 0.15) is 6.42 Å². The number of hydrogen-bond acceptors (Lipinski definition) is 4. The van der Waals surface area contributed by atoms with Crippen LogP contribution in [0.25, 0.3) is 0 Å². The van der Waals surface area contributed by atoms with Gasteiger partial charge in [0.15, 0.2) is 4.77 Å². The van der Waals surface area contributed by atoms with Crippen molar-refractivity contribution >= 4 is 18.2 Å². The van der Waals surface area contributed by atoms with E-state index in [0.29, 0.717) is 23.9 Å². The van der Waals surface area contributed by atoms with Crippen LogP contribution in [0, 0.1) is 4.77 Å². The lowest BCUT2D eigenvalue weighted by molar-refractivity contribution is 0.302.